The summed E-state index contributed by atoms with van der Waals surface area (Å²) >= 11 is 1.50. The van der Waals surface area contributed by atoms with Gasteiger partial charge in [0.05, 0.1) is 4.88 Å². The van der Waals surface area contributed by atoms with Gasteiger partial charge in [-0.2, -0.15) is 0 Å². The van der Waals surface area contributed by atoms with E-state index in [1.54, 1.807) is 0 Å². The Hall–Kier alpha value is -2.34. The topological polar surface area (TPSA) is 67.4 Å². The molecule has 0 unspecified atom stereocenters. The lowest BCUT2D eigenvalue weighted by molar-refractivity contribution is -0.123. The fourth-order valence-electron chi connectivity index (χ4n) is 2.83. The second-order valence-corrected chi connectivity index (χ2v) is 7.16. The van der Waals surface area contributed by atoms with Gasteiger partial charge in [0.2, 0.25) is 0 Å². The zero-order chi connectivity index (χ0) is 17.1. The third kappa shape index (κ3) is 3.94. The predicted molar refractivity (Wildman–Crippen MR) is 93.4 cm³/mol. The molecule has 1 aliphatic rings. The Kier molecular flexibility index (Phi) is 4.85. The average Bonchev–Trinajstić information content (AvgIpc) is 3.11. The van der Waals surface area contributed by atoms with Crippen LogP contribution in [-0.2, 0) is 17.6 Å². The van der Waals surface area contributed by atoms with Gasteiger partial charge in [0.25, 0.3) is 11.8 Å². The van der Waals surface area contributed by atoms with Gasteiger partial charge in [-0.25, -0.2) is 0 Å². The molecule has 126 valence electrons. The number of fused-ring (bicyclic) bond motifs is 1. The number of hydrogen-bond donors (Lipinski definition) is 2. The first-order valence-corrected chi connectivity index (χ1v) is 8.75. The van der Waals surface area contributed by atoms with E-state index < -0.39 is 5.91 Å². The maximum Gasteiger partial charge on any atom is 0.279 e. The predicted octanol–water partition coefficient (Wildman–Crippen LogP) is 2.69. The number of ether oxygens (including phenoxy) is 1. The molecule has 2 N–H and O–H groups in total. The zero-order valence-electron chi connectivity index (χ0n) is 13.8. The van der Waals surface area contributed by atoms with Crippen molar-refractivity contribution < 1.29 is 14.3 Å². The molecule has 0 bridgehead atoms. The first-order valence-electron chi connectivity index (χ1n) is 7.93. The SMILES string of the molecule is Cc1cc(C)cc(OCC(=O)NNC(=O)c2cc3c(s2)CCC3)c1. The molecule has 0 saturated heterocycles. The second-order valence-electron chi connectivity index (χ2n) is 6.03. The van der Waals surface area contributed by atoms with E-state index in [1.165, 1.54) is 21.8 Å². The van der Waals surface area contributed by atoms with E-state index in [0.29, 0.717) is 10.6 Å². The third-order valence-corrected chi connectivity index (χ3v) is 5.09. The van der Waals surface area contributed by atoms with Crippen molar-refractivity contribution in [3.05, 3.63) is 50.7 Å². The lowest BCUT2D eigenvalue weighted by Gasteiger charge is -2.09. The van der Waals surface area contributed by atoms with Crippen molar-refractivity contribution in [2.45, 2.75) is 33.1 Å². The number of benzene rings is 1. The lowest BCUT2D eigenvalue weighted by atomic mass is 10.1. The number of hydrogen-bond acceptors (Lipinski definition) is 4. The van der Waals surface area contributed by atoms with Gasteiger partial charge in [-0.05, 0) is 68.0 Å². The molecule has 1 heterocycles. The maximum atomic E-state index is 12.1. The van der Waals surface area contributed by atoms with Crippen LogP contribution in [0.4, 0.5) is 0 Å². The molecule has 1 aromatic carbocycles. The summed E-state index contributed by atoms with van der Waals surface area (Å²) in [5.41, 5.74) is 8.23. The Morgan fingerprint density at radius 1 is 1.08 bits per heavy atom. The first kappa shape index (κ1) is 16.5. The van der Waals surface area contributed by atoms with E-state index in [1.807, 2.05) is 38.1 Å². The average molecular weight is 344 g/mol. The number of hydrazine groups is 1. The molecule has 1 aliphatic carbocycles. The zero-order valence-corrected chi connectivity index (χ0v) is 14.6. The third-order valence-electron chi connectivity index (χ3n) is 3.85. The summed E-state index contributed by atoms with van der Waals surface area (Å²) in [6.07, 6.45) is 3.24. The van der Waals surface area contributed by atoms with E-state index in [4.69, 9.17) is 4.74 Å². The number of amides is 2. The number of carbonyl (C=O) groups excluding carboxylic acids is 2. The quantitative estimate of drug-likeness (QED) is 0.838. The molecule has 2 aromatic rings. The van der Waals surface area contributed by atoms with E-state index in [-0.39, 0.29) is 12.5 Å². The van der Waals surface area contributed by atoms with Gasteiger partial charge >= 0.3 is 0 Å². The minimum atomic E-state index is -0.397. The van der Waals surface area contributed by atoms with Gasteiger partial charge in [-0.3, -0.25) is 20.4 Å². The van der Waals surface area contributed by atoms with Gasteiger partial charge in [-0.1, -0.05) is 6.07 Å². The number of rotatable bonds is 4. The molecule has 3 rings (SSSR count). The van der Waals surface area contributed by atoms with Crippen LogP contribution in [0.5, 0.6) is 5.75 Å². The van der Waals surface area contributed by atoms with Crippen LogP contribution in [0.1, 0.15) is 37.7 Å². The highest BCUT2D eigenvalue weighted by Gasteiger charge is 2.18. The molecule has 6 heteroatoms. The normalized spacial score (nSPS) is 12.6. The molecule has 0 atom stereocenters. The Bertz CT molecular complexity index is 741. The molecule has 24 heavy (non-hydrogen) atoms. The summed E-state index contributed by atoms with van der Waals surface area (Å²) in [4.78, 5) is 25.8. The summed E-state index contributed by atoms with van der Waals surface area (Å²) in [5, 5.41) is 0. The Morgan fingerprint density at radius 2 is 1.83 bits per heavy atom. The second kappa shape index (κ2) is 7.05. The van der Waals surface area contributed by atoms with Crippen molar-refractivity contribution in [3.8, 4) is 5.75 Å². The van der Waals surface area contributed by atoms with Crippen LogP contribution < -0.4 is 15.6 Å². The monoisotopic (exact) mass is 344 g/mol. The van der Waals surface area contributed by atoms with Crippen LogP contribution in [-0.4, -0.2) is 18.4 Å². The number of nitrogens with one attached hydrogen (secondary N) is 2. The van der Waals surface area contributed by atoms with Gasteiger partial charge in [0.15, 0.2) is 6.61 Å². The highest BCUT2D eigenvalue weighted by molar-refractivity contribution is 7.14. The van der Waals surface area contributed by atoms with Crippen LogP contribution in [0.25, 0.3) is 0 Å². The molecule has 0 saturated carbocycles. The Balaban J connectivity index is 1.47. The van der Waals surface area contributed by atoms with E-state index in [0.717, 1.165) is 30.4 Å². The van der Waals surface area contributed by atoms with Crippen LogP contribution in [0, 0.1) is 13.8 Å². The van der Waals surface area contributed by atoms with Crippen LogP contribution in [0.3, 0.4) is 0 Å². The molecule has 0 spiro atoms. The molecule has 5 nitrogen and oxygen atoms in total. The largest absolute Gasteiger partial charge is 0.484 e. The smallest absolute Gasteiger partial charge is 0.279 e. The van der Waals surface area contributed by atoms with Gasteiger partial charge < -0.3 is 4.74 Å². The van der Waals surface area contributed by atoms with Gasteiger partial charge in [0.1, 0.15) is 5.75 Å². The number of thiophene rings is 1. The standard InChI is InChI=1S/C18H20N2O3S/c1-11-6-12(2)8-14(7-11)23-10-17(21)19-20-18(22)16-9-13-4-3-5-15(13)24-16/h6-9H,3-5,10H2,1-2H3,(H,19,21)(H,20,22). The highest BCUT2D eigenvalue weighted by atomic mass is 32.1. The van der Waals surface area contributed by atoms with Crippen molar-refractivity contribution in [3.63, 3.8) is 0 Å². The van der Waals surface area contributed by atoms with Crippen molar-refractivity contribution in [1.29, 1.82) is 0 Å². The van der Waals surface area contributed by atoms with Gasteiger partial charge in [0, 0.05) is 4.88 Å². The molecule has 0 aliphatic heterocycles. The van der Waals surface area contributed by atoms with Crippen molar-refractivity contribution >= 4 is 23.2 Å². The summed E-state index contributed by atoms with van der Waals surface area (Å²) < 4.78 is 5.46. The fraction of sp³-hybridized carbons (Fsp3) is 0.333. The van der Waals surface area contributed by atoms with Gasteiger partial charge in [-0.15, -0.1) is 11.3 Å². The number of aryl methyl sites for hydroxylation is 4. The molecule has 0 radical (unpaired) electrons. The maximum absolute atomic E-state index is 12.1. The van der Waals surface area contributed by atoms with E-state index in [9.17, 15) is 9.59 Å². The van der Waals surface area contributed by atoms with Crippen molar-refractivity contribution in [1.82, 2.24) is 10.9 Å². The van der Waals surface area contributed by atoms with Crippen molar-refractivity contribution in [2.24, 2.45) is 0 Å². The molecule has 1 aromatic heterocycles. The van der Waals surface area contributed by atoms with Crippen LogP contribution in [0.15, 0.2) is 24.3 Å². The summed E-state index contributed by atoms with van der Waals surface area (Å²) in [7, 11) is 0. The lowest BCUT2D eigenvalue weighted by Crippen LogP contribution is -2.43. The van der Waals surface area contributed by atoms with Crippen LogP contribution in [0.2, 0.25) is 0 Å². The minimum absolute atomic E-state index is 0.149. The Morgan fingerprint density at radius 3 is 2.54 bits per heavy atom. The molecule has 2 amide bonds. The first-order chi connectivity index (χ1) is 11.5. The summed E-state index contributed by atoms with van der Waals surface area (Å²) in [5.74, 6) is -0.0376. The highest BCUT2D eigenvalue weighted by Crippen LogP contribution is 2.30. The Labute approximate surface area is 145 Å². The fourth-order valence-corrected chi connectivity index (χ4v) is 3.98. The summed E-state index contributed by atoms with van der Waals surface area (Å²) in [6.45, 7) is 3.79. The minimum Gasteiger partial charge on any atom is -0.484 e. The van der Waals surface area contributed by atoms with Crippen LogP contribution >= 0.6 is 11.3 Å². The van der Waals surface area contributed by atoms with Crippen molar-refractivity contribution in [2.75, 3.05) is 6.61 Å². The summed E-state index contributed by atoms with van der Waals surface area (Å²) in [6, 6.07) is 7.68. The van der Waals surface area contributed by atoms with E-state index >= 15 is 0 Å². The molecular formula is C18H20N2O3S. The molecule has 0 fully saturated rings. The number of carbonyl (C=O) groups is 2. The molecular weight excluding hydrogens is 324 g/mol. The van der Waals surface area contributed by atoms with E-state index in [2.05, 4.69) is 10.9 Å².